The summed E-state index contributed by atoms with van der Waals surface area (Å²) in [4.78, 5) is 34.2. The average molecular weight is 472 g/mol. The number of benzene rings is 2. The van der Waals surface area contributed by atoms with E-state index in [9.17, 15) is 9.59 Å². The second-order valence-corrected chi connectivity index (χ2v) is 10.5. The molecule has 4 aromatic rings. The topological polar surface area (TPSA) is 75.4 Å². The zero-order valence-electron chi connectivity index (χ0n) is 19.1. The van der Waals surface area contributed by atoms with Gasteiger partial charge < -0.3 is 14.6 Å². The molecular weight excluding hydrogens is 446 g/mol. The second-order valence-electron chi connectivity index (χ2n) is 9.31. The lowest BCUT2D eigenvalue weighted by molar-refractivity contribution is 0.0690. The Balaban J connectivity index is 1.23. The monoisotopic (exact) mass is 471 g/mol. The van der Waals surface area contributed by atoms with Gasteiger partial charge in [0.15, 0.2) is 0 Å². The standard InChI is InChI=1S/C27H25N3O3S/c1-15-5-3-6-17(11-15)25-24(29-16(2)34-25)27(32)30-14-18-12-21(18)22(30)13-28-26(31)20-7-4-8-23-19(20)9-10-33-23/h3-11,18,21-22H,12-14H2,1-2H3,(H,28,31)/t18-,21-,22-/m1/s1. The quantitative estimate of drug-likeness (QED) is 0.441. The highest BCUT2D eigenvalue weighted by atomic mass is 32.1. The molecule has 0 bridgehead atoms. The van der Waals surface area contributed by atoms with Gasteiger partial charge in [0.05, 0.1) is 27.8 Å². The van der Waals surface area contributed by atoms with Crippen LogP contribution in [0.15, 0.2) is 59.2 Å². The molecule has 0 spiro atoms. The number of nitrogens with zero attached hydrogens (tertiary/aromatic N) is 2. The average Bonchev–Trinajstić information content (AvgIpc) is 3.16. The number of carbonyl (C=O) groups is 2. The van der Waals surface area contributed by atoms with Crippen molar-refractivity contribution in [2.45, 2.75) is 26.3 Å². The van der Waals surface area contributed by atoms with E-state index in [0.717, 1.165) is 39.4 Å². The van der Waals surface area contributed by atoms with E-state index in [1.54, 1.807) is 23.7 Å². The summed E-state index contributed by atoms with van der Waals surface area (Å²) < 4.78 is 5.43. The lowest BCUT2D eigenvalue weighted by Gasteiger charge is -2.27. The van der Waals surface area contributed by atoms with Gasteiger partial charge in [-0.05, 0) is 55.9 Å². The predicted molar refractivity (Wildman–Crippen MR) is 132 cm³/mol. The Kier molecular flexibility index (Phi) is 5.03. The summed E-state index contributed by atoms with van der Waals surface area (Å²) in [5.74, 6) is 0.777. The number of hydrogen-bond donors (Lipinski definition) is 1. The van der Waals surface area contributed by atoms with Gasteiger partial charge in [0, 0.05) is 18.5 Å². The van der Waals surface area contributed by atoms with Gasteiger partial charge in [0.1, 0.15) is 11.3 Å². The van der Waals surface area contributed by atoms with Gasteiger partial charge in [-0.2, -0.15) is 0 Å². The fourth-order valence-electron chi connectivity index (χ4n) is 5.24. The molecule has 172 valence electrons. The van der Waals surface area contributed by atoms with E-state index in [2.05, 4.69) is 29.4 Å². The molecule has 6 nitrogen and oxygen atoms in total. The largest absolute Gasteiger partial charge is 0.464 e. The molecule has 1 aliphatic carbocycles. The van der Waals surface area contributed by atoms with E-state index in [1.807, 2.05) is 42.2 Å². The van der Waals surface area contributed by atoms with Crippen LogP contribution < -0.4 is 5.32 Å². The Labute approximate surface area is 201 Å². The Bertz CT molecular complexity index is 1420. The van der Waals surface area contributed by atoms with E-state index in [1.165, 1.54) is 0 Å². The Morgan fingerprint density at radius 2 is 2.03 bits per heavy atom. The van der Waals surface area contributed by atoms with Gasteiger partial charge in [0.25, 0.3) is 11.8 Å². The van der Waals surface area contributed by atoms with Crippen molar-refractivity contribution >= 4 is 34.1 Å². The highest BCUT2D eigenvalue weighted by Crippen LogP contribution is 2.50. The number of amides is 2. The van der Waals surface area contributed by atoms with E-state index < -0.39 is 0 Å². The molecule has 34 heavy (non-hydrogen) atoms. The Morgan fingerprint density at radius 3 is 2.88 bits per heavy atom. The molecule has 1 aliphatic heterocycles. The first kappa shape index (κ1) is 21.1. The van der Waals surface area contributed by atoms with Gasteiger partial charge in [-0.3, -0.25) is 9.59 Å². The number of aromatic nitrogens is 1. The minimum atomic E-state index is -0.145. The first-order valence-electron chi connectivity index (χ1n) is 11.6. The van der Waals surface area contributed by atoms with E-state index >= 15 is 0 Å². The number of furan rings is 1. The summed E-state index contributed by atoms with van der Waals surface area (Å²) >= 11 is 1.56. The third-order valence-electron chi connectivity index (χ3n) is 6.99. The fourth-order valence-corrected chi connectivity index (χ4v) is 6.15. The normalized spacial score (nSPS) is 21.0. The lowest BCUT2D eigenvalue weighted by Crippen LogP contribution is -2.45. The van der Waals surface area contributed by atoms with E-state index in [0.29, 0.717) is 35.2 Å². The van der Waals surface area contributed by atoms with Crippen molar-refractivity contribution in [2.75, 3.05) is 13.1 Å². The highest BCUT2D eigenvalue weighted by molar-refractivity contribution is 7.15. The maximum absolute atomic E-state index is 13.7. The van der Waals surface area contributed by atoms with Crippen molar-refractivity contribution < 1.29 is 14.0 Å². The zero-order valence-corrected chi connectivity index (χ0v) is 19.9. The number of fused-ring (bicyclic) bond motifs is 2. The summed E-state index contributed by atoms with van der Waals surface area (Å²) in [5, 5.41) is 4.76. The molecule has 2 fully saturated rings. The molecular formula is C27H25N3O3S. The van der Waals surface area contributed by atoms with Crippen LogP contribution in [0.25, 0.3) is 21.4 Å². The third kappa shape index (κ3) is 3.60. The number of carbonyl (C=O) groups excluding carboxylic acids is 2. The smallest absolute Gasteiger partial charge is 0.274 e. The predicted octanol–water partition coefficient (Wildman–Crippen LogP) is 5.06. The highest BCUT2D eigenvalue weighted by Gasteiger charge is 2.54. The molecule has 1 saturated carbocycles. The summed E-state index contributed by atoms with van der Waals surface area (Å²) in [6.45, 7) is 5.15. The number of hydrogen-bond acceptors (Lipinski definition) is 5. The zero-order chi connectivity index (χ0) is 23.4. The van der Waals surface area contributed by atoms with Gasteiger partial charge in [0.2, 0.25) is 0 Å². The van der Waals surface area contributed by atoms with Crippen LogP contribution in [0.5, 0.6) is 0 Å². The van der Waals surface area contributed by atoms with Crippen LogP contribution in [0.1, 0.15) is 37.8 Å². The van der Waals surface area contributed by atoms with Crippen LogP contribution >= 0.6 is 11.3 Å². The maximum Gasteiger partial charge on any atom is 0.274 e. The van der Waals surface area contributed by atoms with Gasteiger partial charge in [-0.15, -0.1) is 11.3 Å². The number of piperidine rings is 1. The summed E-state index contributed by atoms with van der Waals surface area (Å²) in [7, 11) is 0. The molecule has 1 N–H and O–H groups in total. The molecule has 0 radical (unpaired) electrons. The van der Waals surface area contributed by atoms with Crippen LogP contribution in [-0.2, 0) is 0 Å². The molecule has 3 heterocycles. The molecule has 0 unspecified atom stereocenters. The van der Waals surface area contributed by atoms with E-state index in [-0.39, 0.29) is 17.9 Å². The molecule has 2 aromatic carbocycles. The van der Waals surface area contributed by atoms with Gasteiger partial charge in [-0.25, -0.2) is 4.98 Å². The molecule has 6 rings (SSSR count). The third-order valence-corrected chi connectivity index (χ3v) is 8.01. The molecule has 2 amide bonds. The van der Waals surface area contributed by atoms with Crippen LogP contribution in [0.2, 0.25) is 0 Å². The van der Waals surface area contributed by atoms with Crippen LogP contribution in [0.4, 0.5) is 0 Å². The molecule has 2 aromatic heterocycles. The maximum atomic E-state index is 13.7. The van der Waals surface area contributed by atoms with Gasteiger partial charge in [-0.1, -0.05) is 35.9 Å². The molecule has 3 atom stereocenters. The first-order chi connectivity index (χ1) is 16.5. The minimum absolute atomic E-state index is 0.0163. The minimum Gasteiger partial charge on any atom is -0.464 e. The molecule has 1 saturated heterocycles. The first-order valence-corrected chi connectivity index (χ1v) is 12.4. The number of nitrogens with one attached hydrogen (secondary N) is 1. The summed E-state index contributed by atoms with van der Waals surface area (Å²) in [6.07, 6.45) is 2.71. The van der Waals surface area contributed by atoms with Gasteiger partial charge >= 0.3 is 0 Å². The Morgan fingerprint density at radius 1 is 1.18 bits per heavy atom. The number of likely N-dealkylation sites (tertiary alicyclic amines) is 1. The SMILES string of the molecule is Cc1cccc(-c2sc(C)nc2C(=O)N2C[C@H]3C[C@H]3[C@H]2CNC(=O)c2cccc3occc23)c1. The fraction of sp³-hybridized carbons (Fsp3) is 0.296. The summed E-state index contributed by atoms with van der Waals surface area (Å²) in [6, 6.07) is 15.5. The van der Waals surface area contributed by atoms with Crippen molar-refractivity contribution in [3.63, 3.8) is 0 Å². The van der Waals surface area contributed by atoms with Crippen molar-refractivity contribution in [1.82, 2.24) is 15.2 Å². The second kappa shape index (κ2) is 8.09. The van der Waals surface area contributed by atoms with Crippen LogP contribution in [-0.4, -0.2) is 40.8 Å². The van der Waals surface area contributed by atoms with Crippen LogP contribution in [0.3, 0.4) is 0 Å². The number of rotatable bonds is 5. The number of aryl methyl sites for hydroxylation is 2. The molecule has 7 heteroatoms. The van der Waals surface area contributed by atoms with E-state index in [4.69, 9.17) is 4.42 Å². The lowest BCUT2D eigenvalue weighted by atomic mass is 10.1. The van der Waals surface area contributed by atoms with Crippen molar-refractivity contribution in [1.29, 1.82) is 0 Å². The molecule has 2 aliphatic rings. The number of thiazole rings is 1. The van der Waals surface area contributed by atoms with Crippen LogP contribution in [0, 0.1) is 25.7 Å². The summed E-state index contributed by atoms with van der Waals surface area (Å²) in [5.41, 5.74) is 3.98. The Hall–Kier alpha value is -3.45. The van der Waals surface area contributed by atoms with Crippen molar-refractivity contribution in [3.8, 4) is 10.4 Å². The van der Waals surface area contributed by atoms with Crippen molar-refractivity contribution in [3.05, 3.63) is 76.6 Å². The van der Waals surface area contributed by atoms with Crippen molar-refractivity contribution in [2.24, 2.45) is 11.8 Å².